The van der Waals surface area contributed by atoms with Crippen molar-refractivity contribution in [3.05, 3.63) is 108 Å². The Morgan fingerprint density at radius 3 is 1.37 bits per heavy atom. The summed E-state index contributed by atoms with van der Waals surface area (Å²) >= 11 is 0. The summed E-state index contributed by atoms with van der Waals surface area (Å²) in [6.45, 7) is 5.20. The van der Waals surface area contributed by atoms with Gasteiger partial charge in [-0.15, -0.1) is 0 Å². The molecule has 0 aliphatic heterocycles. The number of carbonyl (C=O) groups is 4. The van der Waals surface area contributed by atoms with Gasteiger partial charge in [0.05, 0.1) is 7.11 Å². The minimum atomic E-state index is -1.14. The molecule has 3 atom stereocenters. The Balaban J connectivity index is 1.30. The maximum absolute atomic E-state index is 14.2. The van der Waals surface area contributed by atoms with E-state index in [1.54, 1.807) is 39.4 Å². The van der Waals surface area contributed by atoms with Gasteiger partial charge in [-0.25, -0.2) is 9.59 Å². The maximum atomic E-state index is 14.2. The third kappa shape index (κ3) is 8.23. The number of hydrogen-bond donors (Lipinski definition) is 6. The van der Waals surface area contributed by atoms with Gasteiger partial charge < -0.3 is 40.4 Å². The van der Waals surface area contributed by atoms with E-state index in [0.29, 0.717) is 0 Å². The number of hydrogen-bond acceptors (Lipinski definition) is 6. The fourth-order valence-electron chi connectivity index (χ4n) is 6.31. The fourth-order valence-corrected chi connectivity index (χ4v) is 6.31. The molecule has 12 heteroatoms. The van der Waals surface area contributed by atoms with Gasteiger partial charge in [0.1, 0.15) is 23.7 Å². The molecule has 12 nitrogen and oxygen atoms in total. The molecular formula is C39H42N6O6. The summed E-state index contributed by atoms with van der Waals surface area (Å²) in [5, 5.41) is 11.2. The van der Waals surface area contributed by atoms with E-state index in [0.717, 1.165) is 49.4 Å². The highest BCUT2D eigenvalue weighted by Crippen LogP contribution is 2.23. The quantitative estimate of drug-likeness (QED) is 0.0966. The summed E-state index contributed by atoms with van der Waals surface area (Å²) in [6, 6.07) is 19.6. The lowest BCUT2D eigenvalue weighted by molar-refractivity contribution is -0.145. The van der Waals surface area contributed by atoms with Crippen LogP contribution >= 0.6 is 0 Å². The minimum Gasteiger partial charge on any atom is -0.467 e. The van der Waals surface area contributed by atoms with Crippen LogP contribution in [0.3, 0.4) is 0 Å². The molecule has 3 amide bonds. The monoisotopic (exact) mass is 690 g/mol. The van der Waals surface area contributed by atoms with Gasteiger partial charge in [-0.05, 0) is 55.7 Å². The first-order chi connectivity index (χ1) is 24.5. The number of aromatic amines is 3. The van der Waals surface area contributed by atoms with E-state index in [1.165, 1.54) is 7.11 Å². The summed E-state index contributed by atoms with van der Waals surface area (Å²) in [5.41, 5.74) is 4.23. The standard InChI is InChI=1S/C39H42N6O6/c1-39(2,3)51-38(49)45-33(18-24-21-41-30-15-9-6-12-27(24)30)36(47)43-32(17-23-20-40-29-14-8-5-11-26(23)29)35(46)44-34(37(48)50-4)19-25-22-42-31-16-10-7-13-28(25)31/h5-16,20-22,32-34,40-42H,17-19H2,1-4H3,(H,43,47)(H,44,46)(H,45,49). The second-order valence-electron chi connectivity index (χ2n) is 13.5. The number of fused-ring (bicyclic) bond motifs is 3. The predicted molar refractivity (Wildman–Crippen MR) is 195 cm³/mol. The van der Waals surface area contributed by atoms with Crippen LogP contribution in [0.4, 0.5) is 4.79 Å². The molecular weight excluding hydrogens is 648 g/mol. The Morgan fingerprint density at radius 1 is 0.588 bits per heavy atom. The van der Waals surface area contributed by atoms with E-state index in [9.17, 15) is 19.2 Å². The number of ether oxygens (including phenoxy) is 2. The molecule has 3 aromatic carbocycles. The van der Waals surface area contributed by atoms with E-state index in [1.807, 2.05) is 72.8 Å². The molecule has 6 rings (SSSR count). The van der Waals surface area contributed by atoms with Crippen LogP contribution in [0.1, 0.15) is 37.5 Å². The number of carbonyl (C=O) groups excluding carboxylic acids is 4. The highest BCUT2D eigenvalue weighted by molar-refractivity contribution is 5.95. The van der Waals surface area contributed by atoms with Crippen molar-refractivity contribution in [1.82, 2.24) is 30.9 Å². The van der Waals surface area contributed by atoms with Gasteiger partial charge in [0.15, 0.2) is 0 Å². The zero-order valence-electron chi connectivity index (χ0n) is 29.0. The first kappa shape index (κ1) is 34.8. The van der Waals surface area contributed by atoms with Gasteiger partial charge in [-0.3, -0.25) is 9.59 Å². The van der Waals surface area contributed by atoms with Gasteiger partial charge >= 0.3 is 12.1 Å². The Kier molecular flexibility index (Phi) is 10.1. The third-order valence-electron chi connectivity index (χ3n) is 8.74. The van der Waals surface area contributed by atoms with Gasteiger partial charge in [0.2, 0.25) is 11.8 Å². The number of methoxy groups -OCH3 is 1. The summed E-state index contributed by atoms with van der Waals surface area (Å²) in [6.07, 6.45) is 4.98. The lowest BCUT2D eigenvalue weighted by Gasteiger charge is -2.26. The van der Waals surface area contributed by atoms with Crippen molar-refractivity contribution in [2.24, 2.45) is 0 Å². The van der Waals surface area contributed by atoms with Gasteiger partial charge in [0.25, 0.3) is 0 Å². The predicted octanol–water partition coefficient (Wildman–Crippen LogP) is 5.19. The molecule has 0 fully saturated rings. The molecule has 0 radical (unpaired) electrons. The molecule has 0 saturated heterocycles. The molecule has 3 unspecified atom stereocenters. The third-order valence-corrected chi connectivity index (χ3v) is 8.74. The Labute approximate surface area is 294 Å². The highest BCUT2D eigenvalue weighted by atomic mass is 16.6. The largest absolute Gasteiger partial charge is 0.467 e. The van der Waals surface area contributed by atoms with E-state index < -0.39 is 47.6 Å². The lowest BCUT2D eigenvalue weighted by atomic mass is 10.0. The van der Waals surface area contributed by atoms with E-state index in [-0.39, 0.29) is 19.3 Å². The Morgan fingerprint density at radius 2 is 0.961 bits per heavy atom. The van der Waals surface area contributed by atoms with Crippen LogP contribution in [0.15, 0.2) is 91.4 Å². The maximum Gasteiger partial charge on any atom is 0.408 e. The van der Waals surface area contributed by atoms with E-state index in [4.69, 9.17) is 9.47 Å². The van der Waals surface area contributed by atoms with Crippen molar-refractivity contribution in [3.63, 3.8) is 0 Å². The molecule has 6 aromatic rings. The summed E-state index contributed by atoms with van der Waals surface area (Å²) < 4.78 is 10.6. The van der Waals surface area contributed by atoms with Crippen LogP contribution in [-0.4, -0.2) is 69.7 Å². The number of esters is 1. The topological polar surface area (TPSA) is 170 Å². The second kappa shape index (κ2) is 14.8. The first-order valence-electron chi connectivity index (χ1n) is 16.8. The molecule has 3 heterocycles. The summed E-state index contributed by atoms with van der Waals surface area (Å²) in [5.74, 6) is -1.82. The van der Waals surface area contributed by atoms with Crippen LogP contribution in [0, 0.1) is 0 Å². The van der Waals surface area contributed by atoms with Crippen LogP contribution in [0.2, 0.25) is 0 Å². The number of alkyl carbamates (subject to hydrolysis) is 1. The number of amides is 3. The Bertz CT molecular complexity index is 2190. The minimum absolute atomic E-state index is 0.0921. The van der Waals surface area contributed by atoms with Gasteiger partial charge in [0, 0.05) is 70.6 Å². The van der Waals surface area contributed by atoms with Crippen molar-refractivity contribution in [3.8, 4) is 0 Å². The van der Waals surface area contributed by atoms with E-state index in [2.05, 4.69) is 30.9 Å². The lowest BCUT2D eigenvalue weighted by Crippen LogP contribution is -2.57. The average Bonchev–Trinajstić information content (AvgIpc) is 3.83. The zero-order chi connectivity index (χ0) is 36.1. The normalized spacial score (nSPS) is 13.4. The van der Waals surface area contributed by atoms with Crippen LogP contribution in [0.25, 0.3) is 32.7 Å². The second-order valence-corrected chi connectivity index (χ2v) is 13.5. The fraction of sp³-hybridized carbons (Fsp3) is 0.282. The number of rotatable bonds is 12. The molecule has 6 N–H and O–H groups in total. The molecule has 264 valence electrons. The molecule has 0 spiro atoms. The number of H-pyrrole nitrogens is 3. The van der Waals surface area contributed by atoms with Crippen molar-refractivity contribution in [1.29, 1.82) is 0 Å². The van der Waals surface area contributed by atoms with Crippen LogP contribution < -0.4 is 16.0 Å². The van der Waals surface area contributed by atoms with Gasteiger partial charge in [-0.1, -0.05) is 54.6 Å². The SMILES string of the molecule is COC(=O)C(Cc1c[nH]c2ccccc12)NC(=O)C(Cc1c[nH]c2ccccc12)NC(=O)C(Cc1c[nH]c2ccccc12)NC(=O)OC(C)(C)C. The number of aromatic nitrogens is 3. The molecule has 51 heavy (non-hydrogen) atoms. The molecule has 0 aliphatic rings. The van der Waals surface area contributed by atoms with Crippen LogP contribution in [-0.2, 0) is 43.1 Å². The first-order valence-corrected chi connectivity index (χ1v) is 16.8. The van der Waals surface area contributed by atoms with Crippen molar-refractivity contribution in [2.75, 3.05) is 7.11 Å². The summed E-state index contributed by atoms with van der Waals surface area (Å²) in [7, 11) is 1.26. The van der Waals surface area contributed by atoms with Crippen molar-refractivity contribution in [2.45, 2.75) is 63.8 Å². The molecule has 0 saturated carbocycles. The molecule has 3 aromatic heterocycles. The number of nitrogens with one attached hydrogen (secondary N) is 6. The summed E-state index contributed by atoms with van der Waals surface area (Å²) in [4.78, 5) is 64.2. The number of benzene rings is 3. The van der Waals surface area contributed by atoms with Gasteiger partial charge in [-0.2, -0.15) is 0 Å². The smallest absolute Gasteiger partial charge is 0.408 e. The van der Waals surface area contributed by atoms with Crippen molar-refractivity contribution < 1.29 is 28.7 Å². The van der Waals surface area contributed by atoms with Crippen molar-refractivity contribution >= 4 is 56.6 Å². The van der Waals surface area contributed by atoms with E-state index >= 15 is 0 Å². The molecule has 0 aliphatic carbocycles. The highest BCUT2D eigenvalue weighted by Gasteiger charge is 2.32. The zero-order valence-corrected chi connectivity index (χ0v) is 29.0. The number of para-hydroxylation sites is 3. The Hall–Kier alpha value is -6.04. The molecule has 0 bridgehead atoms. The van der Waals surface area contributed by atoms with Crippen LogP contribution in [0.5, 0.6) is 0 Å². The average molecular weight is 691 g/mol.